The second-order valence-corrected chi connectivity index (χ2v) is 6.71. The molecule has 0 aliphatic rings. The summed E-state index contributed by atoms with van der Waals surface area (Å²) in [5, 5.41) is 0.540. The summed E-state index contributed by atoms with van der Waals surface area (Å²) < 4.78 is 6.61. The number of rotatable bonds is 5. The van der Waals surface area contributed by atoms with Gasteiger partial charge in [0.1, 0.15) is 5.25 Å². The Morgan fingerprint density at radius 3 is 2.56 bits per heavy atom. The van der Waals surface area contributed by atoms with Crippen LogP contribution in [0.25, 0.3) is 16.6 Å². The maximum atomic E-state index is 13.0. The van der Waals surface area contributed by atoms with E-state index in [0.717, 1.165) is 0 Å². The highest BCUT2D eigenvalue weighted by Gasteiger charge is 2.20. The van der Waals surface area contributed by atoms with E-state index in [1.807, 2.05) is 42.5 Å². The zero-order valence-corrected chi connectivity index (χ0v) is 14.8. The predicted molar refractivity (Wildman–Crippen MR) is 99.3 cm³/mol. The number of nitrogens with zero attached hydrogens (tertiary/aromatic N) is 2. The van der Waals surface area contributed by atoms with Gasteiger partial charge in [-0.1, -0.05) is 42.1 Å². The van der Waals surface area contributed by atoms with Gasteiger partial charge in [-0.3, -0.25) is 14.2 Å². The van der Waals surface area contributed by atoms with Crippen LogP contribution in [0.3, 0.4) is 0 Å². The molecule has 0 spiro atoms. The maximum absolute atomic E-state index is 13.0. The lowest BCUT2D eigenvalue weighted by atomic mass is 10.2. The highest BCUT2D eigenvalue weighted by molar-refractivity contribution is 8.00. The molecule has 0 aliphatic carbocycles. The van der Waals surface area contributed by atoms with Crippen LogP contribution in [-0.4, -0.2) is 27.4 Å². The number of thioether (sulfide) groups is 1. The van der Waals surface area contributed by atoms with Crippen LogP contribution in [0.4, 0.5) is 0 Å². The lowest BCUT2D eigenvalue weighted by Crippen LogP contribution is -2.24. The first kappa shape index (κ1) is 17.2. The van der Waals surface area contributed by atoms with Gasteiger partial charge in [-0.2, -0.15) is 0 Å². The summed E-state index contributed by atoms with van der Waals surface area (Å²) in [7, 11) is 0. The van der Waals surface area contributed by atoms with Gasteiger partial charge in [0.2, 0.25) is 0 Å². The Bertz CT molecular complexity index is 954. The summed E-state index contributed by atoms with van der Waals surface area (Å²) in [4.78, 5) is 29.6. The highest BCUT2D eigenvalue weighted by atomic mass is 32.2. The van der Waals surface area contributed by atoms with Crippen molar-refractivity contribution >= 4 is 28.6 Å². The van der Waals surface area contributed by atoms with Crippen molar-refractivity contribution in [3.8, 4) is 5.69 Å². The Morgan fingerprint density at radius 2 is 1.84 bits per heavy atom. The zero-order chi connectivity index (χ0) is 17.8. The first-order valence-corrected chi connectivity index (χ1v) is 8.90. The van der Waals surface area contributed by atoms with E-state index in [0.29, 0.717) is 28.4 Å². The molecule has 6 heteroatoms. The second kappa shape index (κ2) is 7.53. The molecular weight excluding hydrogens is 336 g/mol. The van der Waals surface area contributed by atoms with E-state index in [2.05, 4.69) is 4.98 Å². The van der Waals surface area contributed by atoms with Gasteiger partial charge >= 0.3 is 5.97 Å². The topological polar surface area (TPSA) is 61.2 Å². The summed E-state index contributed by atoms with van der Waals surface area (Å²) in [6, 6.07) is 16.5. The lowest BCUT2D eigenvalue weighted by Gasteiger charge is -2.15. The van der Waals surface area contributed by atoms with E-state index in [1.165, 1.54) is 11.8 Å². The Kier molecular flexibility index (Phi) is 5.19. The van der Waals surface area contributed by atoms with Crippen molar-refractivity contribution in [1.82, 2.24) is 9.55 Å². The fraction of sp³-hybridized carbons (Fsp3) is 0.211. The summed E-state index contributed by atoms with van der Waals surface area (Å²) in [5.41, 5.74) is 1.16. The molecule has 3 aromatic rings. The molecule has 0 aliphatic heterocycles. The maximum Gasteiger partial charge on any atom is 0.319 e. The van der Waals surface area contributed by atoms with Crippen LogP contribution in [0.2, 0.25) is 0 Å². The molecule has 0 saturated carbocycles. The van der Waals surface area contributed by atoms with Crippen LogP contribution in [-0.2, 0) is 9.53 Å². The van der Waals surface area contributed by atoms with Gasteiger partial charge in [0.25, 0.3) is 5.56 Å². The number of esters is 1. The van der Waals surface area contributed by atoms with Crippen LogP contribution in [0.5, 0.6) is 0 Å². The quantitative estimate of drug-likeness (QED) is 0.399. The van der Waals surface area contributed by atoms with Gasteiger partial charge in [-0.25, -0.2) is 4.98 Å². The average molecular weight is 354 g/mol. The Morgan fingerprint density at radius 1 is 1.16 bits per heavy atom. The minimum atomic E-state index is -0.469. The number of hydrogen-bond donors (Lipinski definition) is 0. The van der Waals surface area contributed by atoms with Crippen LogP contribution in [0, 0.1) is 0 Å². The molecule has 0 radical (unpaired) electrons. The molecule has 0 fully saturated rings. The van der Waals surface area contributed by atoms with Crippen LogP contribution in [0.15, 0.2) is 64.5 Å². The fourth-order valence-electron chi connectivity index (χ4n) is 2.46. The summed E-state index contributed by atoms with van der Waals surface area (Å²) >= 11 is 1.22. The van der Waals surface area contributed by atoms with Crippen molar-refractivity contribution in [2.75, 3.05) is 6.61 Å². The summed E-state index contributed by atoms with van der Waals surface area (Å²) in [5.74, 6) is -0.325. The molecule has 0 unspecified atom stereocenters. The van der Waals surface area contributed by atoms with Crippen LogP contribution in [0.1, 0.15) is 13.8 Å². The third-order valence-electron chi connectivity index (χ3n) is 3.66. The normalized spacial score (nSPS) is 12.1. The van der Waals surface area contributed by atoms with Crippen molar-refractivity contribution in [3.63, 3.8) is 0 Å². The van der Waals surface area contributed by atoms with Gasteiger partial charge in [0, 0.05) is 0 Å². The van der Waals surface area contributed by atoms with E-state index >= 15 is 0 Å². The predicted octanol–water partition coefficient (Wildman–Crippen LogP) is 3.43. The van der Waals surface area contributed by atoms with Gasteiger partial charge in [0.05, 0.1) is 23.2 Å². The number of fused-ring (bicyclic) bond motifs is 1. The number of carbonyl (C=O) groups is 1. The Balaban J connectivity index is 2.16. The molecule has 1 aromatic heterocycles. The third kappa shape index (κ3) is 3.58. The largest absolute Gasteiger partial charge is 0.465 e. The van der Waals surface area contributed by atoms with Crippen molar-refractivity contribution < 1.29 is 9.53 Å². The van der Waals surface area contributed by atoms with Crippen molar-refractivity contribution in [1.29, 1.82) is 0 Å². The molecule has 1 atom stereocenters. The fourth-order valence-corrected chi connectivity index (χ4v) is 3.39. The smallest absolute Gasteiger partial charge is 0.319 e. The first-order chi connectivity index (χ1) is 12.1. The van der Waals surface area contributed by atoms with Crippen molar-refractivity contribution in [2.45, 2.75) is 24.3 Å². The zero-order valence-electron chi connectivity index (χ0n) is 14.0. The summed E-state index contributed by atoms with van der Waals surface area (Å²) in [6.07, 6.45) is 0. The third-order valence-corrected chi connectivity index (χ3v) is 4.69. The van der Waals surface area contributed by atoms with E-state index in [-0.39, 0.29) is 11.5 Å². The molecule has 5 nitrogen and oxygen atoms in total. The molecule has 25 heavy (non-hydrogen) atoms. The van der Waals surface area contributed by atoms with Crippen LogP contribution >= 0.6 is 11.8 Å². The van der Waals surface area contributed by atoms with Crippen LogP contribution < -0.4 is 5.56 Å². The molecule has 3 rings (SSSR count). The Labute approximate surface area is 149 Å². The van der Waals surface area contributed by atoms with Crippen molar-refractivity contribution in [3.05, 3.63) is 65.0 Å². The number of aromatic nitrogens is 2. The molecule has 128 valence electrons. The average Bonchev–Trinajstić information content (AvgIpc) is 2.63. The number of ether oxygens (including phenoxy) is 1. The summed E-state index contributed by atoms with van der Waals surface area (Å²) in [6.45, 7) is 3.84. The SMILES string of the molecule is CCOC(=O)[C@@H](C)Sc1nc2ccccc2c(=O)n1-c1ccccc1. The second-order valence-electron chi connectivity index (χ2n) is 5.40. The van der Waals surface area contributed by atoms with Gasteiger partial charge in [-0.15, -0.1) is 0 Å². The van der Waals surface area contributed by atoms with E-state index < -0.39 is 5.25 Å². The van der Waals surface area contributed by atoms with E-state index in [1.54, 1.807) is 30.5 Å². The van der Waals surface area contributed by atoms with E-state index in [9.17, 15) is 9.59 Å². The van der Waals surface area contributed by atoms with Crippen molar-refractivity contribution in [2.24, 2.45) is 0 Å². The van der Waals surface area contributed by atoms with Gasteiger partial charge in [-0.05, 0) is 38.1 Å². The Hall–Kier alpha value is -2.60. The number of benzene rings is 2. The number of hydrogen-bond acceptors (Lipinski definition) is 5. The monoisotopic (exact) mass is 354 g/mol. The number of para-hydroxylation sites is 2. The van der Waals surface area contributed by atoms with Gasteiger partial charge < -0.3 is 4.74 Å². The first-order valence-electron chi connectivity index (χ1n) is 8.02. The van der Waals surface area contributed by atoms with Gasteiger partial charge in [0.15, 0.2) is 5.16 Å². The van der Waals surface area contributed by atoms with E-state index in [4.69, 9.17) is 4.74 Å². The molecule has 0 saturated heterocycles. The molecular formula is C19H18N2O3S. The minimum absolute atomic E-state index is 0.157. The molecule has 0 amide bonds. The molecule has 2 aromatic carbocycles. The highest BCUT2D eigenvalue weighted by Crippen LogP contribution is 2.25. The molecule has 0 N–H and O–H groups in total. The standard InChI is InChI=1S/C19H18N2O3S/c1-3-24-18(23)13(2)25-19-20-16-12-8-7-11-15(16)17(22)21(19)14-9-5-4-6-10-14/h4-13H,3H2,1-2H3/t13-/m1/s1. The lowest BCUT2D eigenvalue weighted by molar-refractivity contribution is -0.142. The minimum Gasteiger partial charge on any atom is -0.465 e. The molecule has 0 bridgehead atoms. The number of carbonyl (C=O) groups excluding carboxylic acids is 1. The molecule has 1 heterocycles.